The van der Waals surface area contributed by atoms with E-state index in [1.807, 2.05) is 42.5 Å². The Kier molecular flexibility index (Phi) is 8.43. The van der Waals surface area contributed by atoms with Crippen molar-refractivity contribution in [1.29, 1.82) is 0 Å². The van der Waals surface area contributed by atoms with Gasteiger partial charge in [0.1, 0.15) is 11.5 Å². The number of para-hydroxylation sites is 1. The summed E-state index contributed by atoms with van der Waals surface area (Å²) < 4.78 is 54.4. The maximum Gasteiger partial charge on any atom is 0.418 e. The minimum atomic E-state index is -4.63. The molecule has 1 heterocycles. The van der Waals surface area contributed by atoms with Crippen molar-refractivity contribution < 1.29 is 27.4 Å². The number of anilines is 1. The number of methoxy groups -OCH3 is 1. The lowest BCUT2D eigenvalue weighted by atomic mass is 9.91. The third-order valence-corrected chi connectivity index (χ3v) is 9.35. The number of fused-ring (bicyclic) bond motifs is 4. The van der Waals surface area contributed by atoms with Gasteiger partial charge < -0.3 is 9.47 Å². The molecule has 52 heavy (non-hydrogen) atoms. The van der Waals surface area contributed by atoms with E-state index in [1.165, 1.54) is 6.07 Å². The van der Waals surface area contributed by atoms with Gasteiger partial charge in [0.15, 0.2) is 0 Å². The van der Waals surface area contributed by atoms with Crippen LogP contribution < -0.4 is 14.8 Å². The summed E-state index contributed by atoms with van der Waals surface area (Å²) in [5.74, 6) is 0.943. The zero-order valence-corrected chi connectivity index (χ0v) is 28.0. The van der Waals surface area contributed by atoms with Crippen molar-refractivity contribution in [3.05, 3.63) is 167 Å². The van der Waals surface area contributed by atoms with Gasteiger partial charge in [-0.15, -0.1) is 0 Å². The normalized spacial score (nSPS) is 11.9. The summed E-state index contributed by atoms with van der Waals surface area (Å²) in [6.07, 6.45) is -4.06. The number of rotatable bonds is 7. The molecule has 8 rings (SSSR count). The van der Waals surface area contributed by atoms with Crippen LogP contribution in [0.5, 0.6) is 11.5 Å². The van der Waals surface area contributed by atoms with Gasteiger partial charge in [0, 0.05) is 16.6 Å². The molecule has 6 aromatic carbocycles. The van der Waals surface area contributed by atoms with Crippen molar-refractivity contribution in [2.24, 2.45) is 0 Å². The molecule has 0 saturated carbocycles. The highest BCUT2D eigenvalue weighted by atomic mass is 19.4. The zero-order valence-electron chi connectivity index (χ0n) is 28.0. The average Bonchev–Trinajstić information content (AvgIpc) is 3.53. The molecule has 0 aliphatic heterocycles. The number of nitrogens with one attached hydrogen (secondary N) is 1. The van der Waals surface area contributed by atoms with Crippen LogP contribution in [0.1, 0.15) is 27.8 Å². The second-order valence-electron chi connectivity index (χ2n) is 12.7. The van der Waals surface area contributed by atoms with E-state index in [-0.39, 0.29) is 5.52 Å². The van der Waals surface area contributed by atoms with Crippen LogP contribution in [0.2, 0.25) is 0 Å². The van der Waals surface area contributed by atoms with Gasteiger partial charge in [-0.3, -0.25) is 5.32 Å². The van der Waals surface area contributed by atoms with Gasteiger partial charge in [0.2, 0.25) is 0 Å². The molecule has 0 bridgehead atoms. The number of aromatic nitrogens is 1. The fourth-order valence-electron chi connectivity index (χ4n) is 6.97. The highest BCUT2D eigenvalue weighted by Crippen LogP contribution is 2.45. The van der Waals surface area contributed by atoms with Crippen molar-refractivity contribution in [3.8, 4) is 45.0 Å². The van der Waals surface area contributed by atoms with E-state index in [0.29, 0.717) is 52.2 Å². The first-order valence-electron chi connectivity index (χ1n) is 16.8. The Morgan fingerprint density at radius 3 is 2.23 bits per heavy atom. The molecule has 5 nitrogen and oxygen atoms in total. The maximum atomic E-state index is 14.6. The number of ether oxygens (including phenoxy) is 2. The monoisotopic (exact) mass is 692 g/mol. The number of amides is 1. The third-order valence-electron chi connectivity index (χ3n) is 9.35. The molecule has 0 radical (unpaired) electrons. The summed E-state index contributed by atoms with van der Waals surface area (Å²) in [6, 6.07) is 42.1. The van der Waals surface area contributed by atoms with E-state index < -0.39 is 17.8 Å². The Labute approximate surface area is 298 Å². The predicted molar refractivity (Wildman–Crippen MR) is 198 cm³/mol. The Hall–Kier alpha value is -6.41. The highest BCUT2D eigenvalue weighted by Gasteiger charge is 2.34. The minimum Gasteiger partial charge on any atom is -0.497 e. The van der Waals surface area contributed by atoms with Crippen LogP contribution in [0.4, 0.5) is 23.7 Å². The van der Waals surface area contributed by atoms with Crippen molar-refractivity contribution in [1.82, 2.24) is 4.98 Å². The van der Waals surface area contributed by atoms with E-state index in [0.717, 1.165) is 45.0 Å². The summed E-state index contributed by atoms with van der Waals surface area (Å²) in [7, 11) is 1.54. The lowest BCUT2D eigenvalue weighted by molar-refractivity contribution is -0.136. The summed E-state index contributed by atoms with van der Waals surface area (Å²) >= 11 is 0. The van der Waals surface area contributed by atoms with Crippen molar-refractivity contribution in [2.45, 2.75) is 19.0 Å². The van der Waals surface area contributed by atoms with Gasteiger partial charge in [-0.1, -0.05) is 84.9 Å². The number of benzene rings is 6. The Morgan fingerprint density at radius 2 is 1.44 bits per heavy atom. The largest absolute Gasteiger partial charge is 0.497 e. The summed E-state index contributed by atoms with van der Waals surface area (Å²) in [4.78, 5) is 17.7. The number of hydrogen-bond donors (Lipinski definition) is 1. The van der Waals surface area contributed by atoms with Crippen LogP contribution in [-0.4, -0.2) is 18.2 Å². The van der Waals surface area contributed by atoms with Gasteiger partial charge in [0.25, 0.3) is 0 Å². The summed E-state index contributed by atoms with van der Waals surface area (Å²) in [5, 5.41) is 3.09. The molecule has 0 atom stereocenters. The van der Waals surface area contributed by atoms with Gasteiger partial charge in [-0.2, -0.15) is 13.2 Å². The topological polar surface area (TPSA) is 60.5 Å². The molecule has 0 fully saturated rings. The Balaban J connectivity index is 1.26. The second-order valence-corrected chi connectivity index (χ2v) is 12.7. The van der Waals surface area contributed by atoms with E-state index in [9.17, 15) is 18.0 Å². The Morgan fingerprint density at radius 1 is 0.712 bits per heavy atom. The maximum absolute atomic E-state index is 14.6. The molecule has 8 heteroatoms. The van der Waals surface area contributed by atoms with Gasteiger partial charge >= 0.3 is 12.3 Å². The van der Waals surface area contributed by atoms with Crippen molar-refractivity contribution in [3.63, 3.8) is 0 Å². The quantitative estimate of drug-likeness (QED) is 0.181. The van der Waals surface area contributed by atoms with Crippen LogP contribution in [0.15, 0.2) is 140 Å². The zero-order chi connectivity index (χ0) is 35.8. The SMILES string of the molecule is COc1ccc(OC(=O)Nc2cccc(-c3cc(-c4cc(Cc5ccccc5)cc5c4Cc4ccccc4-5)nc4c(C(F)(F)F)cccc34)c2)cc1. The molecule has 1 N–H and O–H groups in total. The van der Waals surface area contributed by atoms with Crippen LogP contribution in [-0.2, 0) is 19.0 Å². The van der Waals surface area contributed by atoms with Gasteiger partial charge in [-0.05, 0) is 112 Å². The first kappa shape index (κ1) is 32.8. The first-order chi connectivity index (χ1) is 25.2. The predicted octanol–water partition coefficient (Wildman–Crippen LogP) is 11.4. The molecule has 0 unspecified atom stereocenters. The van der Waals surface area contributed by atoms with Crippen LogP contribution in [0, 0.1) is 0 Å². The smallest absolute Gasteiger partial charge is 0.418 e. The average molecular weight is 693 g/mol. The number of alkyl halides is 3. The van der Waals surface area contributed by atoms with Crippen molar-refractivity contribution in [2.75, 3.05) is 12.4 Å². The number of halogens is 3. The molecule has 7 aromatic rings. The van der Waals surface area contributed by atoms with E-state index >= 15 is 0 Å². The van der Waals surface area contributed by atoms with Crippen molar-refractivity contribution >= 4 is 22.7 Å². The molecule has 0 saturated heterocycles. The number of nitrogens with zero attached hydrogens (tertiary/aromatic N) is 1. The molecule has 1 aliphatic rings. The molecular weight excluding hydrogens is 661 g/mol. The Bertz CT molecular complexity index is 2460. The second kappa shape index (κ2) is 13.4. The van der Waals surface area contributed by atoms with E-state index in [4.69, 9.17) is 14.5 Å². The molecule has 1 aliphatic carbocycles. The minimum absolute atomic E-state index is 0.141. The molecule has 1 aromatic heterocycles. The first-order valence-corrected chi connectivity index (χ1v) is 16.8. The summed E-state index contributed by atoms with van der Waals surface area (Å²) in [5.41, 5.74) is 8.37. The van der Waals surface area contributed by atoms with Crippen LogP contribution in [0.3, 0.4) is 0 Å². The van der Waals surface area contributed by atoms with Gasteiger partial charge in [0.05, 0.1) is 23.9 Å². The van der Waals surface area contributed by atoms with E-state index in [1.54, 1.807) is 55.6 Å². The molecule has 1 amide bonds. The molecular formula is C44H31F3N2O3. The van der Waals surface area contributed by atoms with Gasteiger partial charge in [-0.25, -0.2) is 9.78 Å². The van der Waals surface area contributed by atoms with E-state index in [2.05, 4.69) is 41.7 Å². The third kappa shape index (κ3) is 6.47. The van der Waals surface area contributed by atoms with Crippen LogP contribution in [0.25, 0.3) is 44.4 Å². The van der Waals surface area contributed by atoms with Crippen LogP contribution >= 0.6 is 0 Å². The molecule has 0 spiro atoms. The lowest BCUT2D eigenvalue weighted by Crippen LogP contribution is -2.16. The standard InChI is InChI=1S/C44H31F3N2O3/c1-51-32-17-19-33(20-18-32)52-43(50)48-31-13-7-12-29(24-31)36-26-41(49-42-35(36)15-8-16-40(42)44(45,46)47)39-23-28(21-27-9-3-2-4-10-27)22-37-34-14-6-5-11-30(34)25-38(37)39/h2-20,22-24,26H,21,25H2,1H3,(H,48,50). The molecule has 256 valence electrons. The summed E-state index contributed by atoms with van der Waals surface area (Å²) in [6.45, 7) is 0. The number of pyridine rings is 1. The number of hydrogen-bond acceptors (Lipinski definition) is 4. The lowest BCUT2D eigenvalue weighted by Gasteiger charge is -2.18. The fraction of sp³-hybridized carbons (Fsp3) is 0.0909. The number of carbonyl (C=O) groups excluding carboxylic acids is 1. The fourth-order valence-corrected chi connectivity index (χ4v) is 6.97. The highest BCUT2D eigenvalue weighted by molar-refractivity contribution is 6.00. The number of carbonyl (C=O) groups is 1.